The number of benzene rings is 1. The van der Waals surface area contributed by atoms with Gasteiger partial charge in [0, 0.05) is 32.2 Å². The van der Waals surface area contributed by atoms with Crippen LogP contribution < -0.4 is 10.6 Å². The first kappa shape index (κ1) is 18.7. The number of aliphatic hydroxyl groups is 1. The van der Waals surface area contributed by atoms with Gasteiger partial charge in [0.15, 0.2) is 0 Å². The van der Waals surface area contributed by atoms with Crippen molar-refractivity contribution in [1.82, 2.24) is 15.5 Å². The number of amides is 2. The molecule has 3 N–H and O–H groups in total. The molecule has 1 aliphatic rings. The first-order chi connectivity index (χ1) is 11.5. The zero-order valence-corrected chi connectivity index (χ0v) is 14.9. The summed E-state index contributed by atoms with van der Waals surface area (Å²) in [6, 6.07) is 9.67. The topological polar surface area (TPSA) is 64.6 Å². The third-order valence-corrected chi connectivity index (χ3v) is 4.43. The molecule has 1 aromatic carbocycles. The highest BCUT2D eigenvalue weighted by Gasteiger charge is 2.20. The molecule has 1 aliphatic heterocycles. The number of carbonyl (C=O) groups excluding carboxylic acids is 1. The van der Waals surface area contributed by atoms with Crippen molar-refractivity contribution in [2.75, 3.05) is 26.2 Å². The Morgan fingerprint density at radius 1 is 1.25 bits per heavy atom. The fourth-order valence-electron chi connectivity index (χ4n) is 3.18. The van der Waals surface area contributed by atoms with E-state index in [1.54, 1.807) is 0 Å². The molecule has 0 aliphatic carbocycles. The van der Waals surface area contributed by atoms with Crippen LogP contribution in [0.5, 0.6) is 0 Å². The molecule has 1 atom stereocenters. The van der Waals surface area contributed by atoms with Crippen LogP contribution in [0.15, 0.2) is 30.3 Å². The molecule has 134 valence electrons. The zero-order valence-electron chi connectivity index (χ0n) is 14.9. The van der Waals surface area contributed by atoms with Crippen molar-refractivity contribution in [1.29, 1.82) is 0 Å². The van der Waals surface area contributed by atoms with Crippen molar-refractivity contribution in [3.8, 4) is 0 Å². The molecule has 1 unspecified atom stereocenters. The molecular weight excluding hydrogens is 302 g/mol. The van der Waals surface area contributed by atoms with Gasteiger partial charge in [0.2, 0.25) is 0 Å². The van der Waals surface area contributed by atoms with Crippen molar-refractivity contribution in [2.45, 2.75) is 45.3 Å². The Balaban J connectivity index is 1.60. The molecule has 1 heterocycles. The van der Waals surface area contributed by atoms with Gasteiger partial charge >= 0.3 is 6.03 Å². The Hall–Kier alpha value is -1.59. The summed E-state index contributed by atoms with van der Waals surface area (Å²) in [6.45, 7) is 8.18. The highest BCUT2D eigenvalue weighted by Crippen LogP contribution is 2.15. The lowest BCUT2D eigenvalue weighted by molar-refractivity contribution is 0.164. The van der Waals surface area contributed by atoms with Crippen LogP contribution in [0, 0.1) is 5.92 Å². The van der Waals surface area contributed by atoms with Gasteiger partial charge in [0.1, 0.15) is 0 Å². The predicted molar refractivity (Wildman–Crippen MR) is 96.9 cm³/mol. The van der Waals surface area contributed by atoms with Gasteiger partial charge in [-0.15, -0.1) is 0 Å². The molecule has 0 radical (unpaired) electrons. The molecule has 0 bridgehead atoms. The molecule has 1 saturated heterocycles. The summed E-state index contributed by atoms with van der Waals surface area (Å²) in [5.41, 5.74) is 0.886. The average molecular weight is 333 g/mol. The number of aliphatic hydroxyl groups excluding tert-OH is 1. The summed E-state index contributed by atoms with van der Waals surface area (Å²) in [7, 11) is 0. The smallest absolute Gasteiger partial charge is 0.315 e. The third-order valence-electron chi connectivity index (χ3n) is 4.43. The van der Waals surface area contributed by atoms with E-state index in [1.807, 2.05) is 30.3 Å². The summed E-state index contributed by atoms with van der Waals surface area (Å²) < 4.78 is 0. The van der Waals surface area contributed by atoms with E-state index in [2.05, 4.69) is 29.4 Å². The summed E-state index contributed by atoms with van der Waals surface area (Å²) in [6.07, 6.45) is 2.00. The third kappa shape index (κ3) is 6.49. The summed E-state index contributed by atoms with van der Waals surface area (Å²) in [4.78, 5) is 14.4. The fraction of sp³-hybridized carbons (Fsp3) is 0.632. The van der Waals surface area contributed by atoms with E-state index < -0.39 is 6.10 Å². The van der Waals surface area contributed by atoms with Gasteiger partial charge in [0.25, 0.3) is 0 Å². The van der Waals surface area contributed by atoms with E-state index in [9.17, 15) is 9.90 Å². The van der Waals surface area contributed by atoms with Crippen LogP contribution in [0.1, 0.15) is 44.8 Å². The normalized spacial score (nSPS) is 17.7. The van der Waals surface area contributed by atoms with E-state index in [-0.39, 0.29) is 12.1 Å². The minimum absolute atomic E-state index is 0.127. The first-order valence-electron chi connectivity index (χ1n) is 9.04. The molecule has 2 rings (SSSR count). The number of urea groups is 1. The SMILES string of the molecule is CC(C)CN1CCC(NC(=O)NCCC(O)c2ccccc2)CC1. The number of likely N-dealkylation sites (tertiary alicyclic amines) is 1. The molecular formula is C19H31N3O2. The second kappa shape index (κ2) is 9.64. The largest absolute Gasteiger partial charge is 0.388 e. The molecule has 1 fully saturated rings. The lowest BCUT2D eigenvalue weighted by atomic mass is 10.0. The van der Waals surface area contributed by atoms with Crippen molar-refractivity contribution in [2.24, 2.45) is 5.92 Å². The first-order valence-corrected chi connectivity index (χ1v) is 9.04. The predicted octanol–water partition coefficient (Wildman–Crippen LogP) is 2.53. The van der Waals surface area contributed by atoms with Crippen LogP contribution in [0.2, 0.25) is 0 Å². The lowest BCUT2D eigenvalue weighted by Gasteiger charge is -2.33. The van der Waals surface area contributed by atoms with Crippen molar-refractivity contribution in [3.05, 3.63) is 35.9 Å². The number of hydrogen-bond donors (Lipinski definition) is 3. The van der Waals surface area contributed by atoms with Gasteiger partial charge in [-0.2, -0.15) is 0 Å². The average Bonchev–Trinajstić information content (AvgIpc) is 2.57. The molecule has 0 aromatic heterocycles. The molecule has 0 saturated carbocycles. The Bertz CT molecular complexity index is 485. The number of piperidine rings is 1. The van der Waals surface area contributed by atoms with Crippen LogP contribution in [0.3, 0.4) is 0 Å². The maximum absolute atomic E-state index is 12.0. The van der Waals surface area contributed by atoms with Gasteiger partial charge in [-0.05, 0) is 30.7 Å². The van der Waals surface area contributed by atoms with Gasteiger partial charge < -0.3 is 20.6 Å². The Labute approximate surface area is 145 Å². The second-order valence-electron chi connectivity index (χ2n) is 7.08. The number of carbonyl (C=O) groups is 1. The van der Waals surface area contributed by atoms with E-state index in [0.29, 0.717) is 18.9 Å². The maximum atomic E-state index is 12.0. The van der Waals surface area contributed by atoms with E-state index in [4.69, 9.17) is 0 Å². The van der Waals surface area contributed by atoms with Gasteiger partial charge in [-0.1, -0.05) is 44.2 Å². The summed E-state index contributed by atoms with van der Waals surface area (Å²) in [5, 5.41) is 16.0. The highest BCUT2D eigenvalue weighted by atomic mass is 16.3. The maximum Gasteiger partial charge on any atom is 0.315 e. The van der Waals surface area contributed by atoms with Gasteiger partial charge in [-0.25, -0.2) is 4.79 Å². The van der Waals surface area contributed by atoms with Crippen LogP contribution >= 0.6 is 0 Å². The molecule has 5 heteroatoms. The Morgan fingerprint density at radius 2 is 1.92 bits per heavy atom. The van der Waals surface area contributed by atoms with E-state index >= 15 is 0 Å². The van der Waals surface area contributed by atoms with E-state index in [0.717, 1.165) is 38.0 Å². The highest BCUT2D eigenvalue weighted by molar-refractivity contribution is 5.74. The van der Waals surface area contributed by atoms with Crippen LogP contribution in [0.25, 0.3) is 0 Å². The van der Waals surface area contributed by atoms with Gasteiger partial charge in [-0.3, -0.25) is 0 Å². The zero-order chi connectivity index (χ0) is 17.4. The van der Waals surface area contributed by atoms with Crippen molar-refractivity contribution >= 4 is 6.03 Å². The van der Waals surface area contributed by atoms with Crippen LogP contribution in [0.4, 0.5) is 4.79 Å². The lowest BCUT2D eigenvalue weighted by Crippen LogP contribution is -2.48. The number of nitrogens with zero attached hydrogens (tertiary/aromatic N) is 1. The van der Waals surface area contributed by atoms with Crippen molar-refractivity contribution < 1.29 is 9.90 Å². The number of nitrogens with one attached hydrogen (secondary N) is 2. The van der Waals surface area contributed by atoms with Gasteiger partial charge in [0.05, 0.1) is 6.10 Å². The second-order valence-corrected chi connectivity index (χ2v) is 7.08. The molecule has 5 nitrogen and oxygen atoms in total. The van der Waals surface area contributed by atoms with Crippen LogP contribution in [-0.4, -0.2) is 48.3 Å². The summed E-state index contributed by atoms with van der Waals surface area (Å²) >= 11 is 0. The Morgan fingerprint density at radius 3 is 2.54 bits per heavy atom. The molecule has 1 aromatic rings. The minimum Gasteiger partial charge on any atom is -0.388 e. The summed E-state index contributed by atoms with van der Waals surface area (Å²) in [5.74, 6) is 0.689. The fourth-order valence-corrected chi connectivity index (χ4v) is 3.18. The standard InChI is InChI=1S/C19H31N3O2/c1-15(2)14-22-12-9-17(10-13-22)21-19(24)20-11-8-18(23)16-6-4-3-5-7-16/h3-7,15,17-18,23H,8-14H2,1-2H3,(H2,20,21,24). The molecule has 2 amide bonds. The van der Waals surface area contributed by atoms with Crippen molar-refractivity contribution in [3.63, 3.8) is 0 Å². The Kier molecular flexibility index (Phi) is 7.53. The number of rotatable bonds is 7. The quantitative estimate of drug-likeness (QED) is 0.718. The minimum atomic E-state index is -0.536. The molecule has 0 spiro atoms. The van der Waals surface area contributed by atoms with Crippen LogP contribution in [-0.2, 0) is 0 Å². The van der Waals surface area contributed by atoms with E-state index in [1.165, 1.54) is 0 Å². The monoisotopic (exact) mass is 333 g/mol. The molecule has 24 heavy (non-hydrogen) atoms. The number of hydrogen-bond acceptors (Lipinski definition) is 3.